The predicted octanol–water partition coefficient (Wildman–Crippen LogP) is 0.949. The topological polar surface area (TPSA) is 97.7 Å². The molecular formula is C19H22FN5O3. The molecule has 28 heavy (non-hydrogen) atoms. The van der Waals surface area contributed by atoms with Crippen molar-refractivity contribution < 1.29 is 18.7 Å². The van der Waals surface area contributed by atoms with Crippen molar-refractivity contribution in [2.24, 2.45) is 0 Å². The van der Waals surface area contributed by atoms with Crippen LogP contribution in [0.25, 0.3) is 0 Å². The second-order valence-corrected chi connectivity index (χ2v) is 6.53. The summed E-state index contributed by atoms with van der Waals surface area (Å²) >= 11 is 0. The molecule has 1 aromatic rings. The predicted molar refractivity (Wildman–Crippen MR) is 100.0 cm³/mol. The molecule has 0 unspecified atom stereocenters. The Morgan fingerprint density at radius 3 is 2.71 bits per heavy atom. The third-order valence-electron chi connectivity index (χ3n) is 4.75. The number of hydrogen-bond donors (Lipinski definition) is 2. The van der Waals surface area contributed by atoms with Crippen molar-refractivity contribution in [2.45, 2.75) is 6.92 Å². The summed E-state index contributed by atoms with van der Waals surface area (Å²) in [6.45, 7) is 5.01. The van der Waals surface area contributed by atoms with E-state index in [4.69, 9.17) is 10.00 Å². The van der Waals surface area contributed by atoms with Gasteiger partial charge in [-0.25, -0.2) is 14.0 Å². The van der Waals surface area contributed by atoms with Gasteiger partial charge in [-0.05, 0) is 25.1 Å². The Bertz CT molecular complexity index is 840. The van der Waals surface area contributed by atoms with E-state index in [9.17, 15) is 14.0 Å². The van der Waals surface area contributed by atoms with E-state index in [0.29, 0.717) is 55.2 Å². The molecule has 0 spiro atoms. The summed E-state index contributed by atoms with van der Waals surface area (Å²) in [5.41, 5.74) is 1.72. The number of hydrogen-bond acceptors (Lipinski definition) is 6. The number of urea groups is 1. The first-order valence-corrected chi connectivity index (χ1v) is 9.12. The lowest BCUT2D eigenvalue weighted by Crippen LogP contribution is -2.51. The highest BCUT2D eigenvalue weighted by Crippen LogP contribution is 2.22. The fourth-order valence-electron chi connectivity index (χ4n) is 3.28. The van der Waals surface area contributed by atoms with Crippen LogP contribution in [0.4, 0.5) is 14.9 Å². The second kappa shape index (κ2) is 8.71. The van der Waals surface area contributed by atoms with Crippen molar-refractivity contribution in [1.29, 1.82) is 5.26 Å². The molecule has 0 saturated carbocycles. The molecule has 2 aliphatic rings. The molecule has 1 saturated heterocycles. The third kappa shape index (κ3) is 4.40. The third-order valence-corrected chi connectivity index (χ3v) is 4.75. The zero-order chi connectivity index (χ0) is 20.1. The van der Waals surface area contributed by atoms with E-state index in [0.717, 1.165) is 0 Å². The molecule has 0 bridgehead atoms. The molecule has 0 aromatic heterocycles. The summed E-state index contributed by atoms with van der Waals surface area (Å²) in [6.07, 6.45) is 0. The van der Waals surface area contributed by atoms with Crippen LogP contribution in [0.15, 0.2) is 29.5 Å². The number of carbonyl (C=O) groups is 2. The molecule has 9 heteroatoms. The second-order valence-electron chi connectivity index (χ2n) is 6.53. The van der Waals surface area contributed by atoms with E-state index >= 15 is 0 Å². The average molecular weight is 387 g/mol. The number of amides is 2. The maximum absolute atomic E-state index is 14.2. The molecule has 0 radical (unpaired) electrons. The van der Waals surface area contributed by atoms with Gasteiger partial charge in [-0.2, -0.15) is 5.26 Å². The largest absolute Gasteiger partial charge is 0.463 e. The SMILES string of the molecule is CCOC(=O)C1=C(CN2CCN(c3ccc(C#N)cc3F)CC2)NC(=O)NC1. The van der Waals surface area contributed by atoms with Gasteiger partial charge in [-0.15, -0.1) is 0 Å². The van der Waals surface area contributed by atoms with Gasteiger partial charge in [-0.1, -0.05) is 0 Å². The fourth-order valence-corrected chi connectivity index (χ4v) is 3.28. The van der Waals surface area contributed by atoms with Crippen LogP contribution in [0, 0.1) is 17.1 Å². The van der Waals surface area contributed by atoms with E-state index in [2.05, 4.69) is 15.5 Å². The first-order chi connectivity index (χ1) is 13.5. The lowest BCUT2D eigenvalue weighted by atomic mass is 10.1. The summed E-state index contributed by atoms with van der Waals surface area (Å²) in [5.74, 6) is -0.853. The summed E-state index contributed by atoms with van der Waals surface area (Å²) in [4.78, 5) is 27.8. The van der Waals surface area contributed by atoms with Gasteiger partial charge >= 0.3 is 12.0 Å². The molecule has 2 amide bonds. The van der Waals surface area contributed by atoms with Crippen molar-refractivity contribution in [2.75, 3.05) is 50.8 Å². The summed E-state index contributed by atoms with van der Waals surface area (Å²) in [7, 11) is 0. The molecule has 3 rings (SSSR count). The van der Waals surface area contributed by atoms with Crippen LogP contribution >= 0.6 is 0 Å². The van der Waals surface area contributed by atoms with Crippen LogP contribution in [-0.4, -0.2) is 62.8 Å². The van der Waals surface area contributed by atoms with Gasteiger partial charge < -0.3 is 20.3 Å². The van der Waals surface area contributed by atoms with Gasteiger partial charge in [0.15, 0.2) is 0 Å². The Hall–Kier alpha value is -3.12. The summed E-state index contributed by atoms with van der Waals surface area (Å²) in [5, 5.41) is 14.1. The van der Waals surface area contributed by atoms with Crippen LogP contribution in [0.3, 0.4) is 0 Å². The Morgan fingerprint density at radius 1 is 1.32 bits per heavy atom. The zero-order valence-electron chi connectivity index (χ0n) is 15.6. The van der Waals surface area contributed by atoms with Crippen LogP contribution in [-0.2, 0) is 9.53 Å². The fraction of sp³-hybridized carbons (Fsp3) is 0.421. The maximum Gasteiger partial charge on any atom is 0.337 e. The van der Waals surface area contributed by atoms with E-state index in [1.165, 1.54) is 6.07 Å². The number of benzene rings is 1. The minimum absolute atomic E-state index is 0.135. The number of nitriles is 1. The van der Waals surface area contributed by atoms with E-state index in [1.54, 1.807) is 19.1 Å². The number of rotatable bonds is 5. The van der Waals surface area contributed by atoms with Gasteiger partial charge in [0.05, 0.1) is 36.0 Å². The Morgan fingerprint density at radius 2 is 2.07 bits per heavy atom. The van der Waals surface area contributed by atoms with Crippen molar-refractivity contribution >= 4 is 17.7 Å². The first-order valence-electron chi connectivity index (χ1n) is 9.12. The van der Waals surface area contributed by atoms with Crippen LogP contribution in [0.5, 0.6) is 0 Å². The molecular weight excluding hydrogens is 365 g/mol. The maximum atomic E-state index is 14.2. The van der Waals surface area contributed by atoms with Crippen molar-refractivity contribution in [3.8, 4) is 6.07 Å². The summed E-state index contributed by atoms with van der Waals surface area (Å²) in [6, 6.07) is 6.05. The van der Waals surface area contributed by atoms with Crippen LogP contribution < -0.4 is 15.5 Å². The number of esters is 1. The quantitative estimate of drug-likeness (QED) is 0.730. The molecule has 2 N–H and O–H groups in total. The van der Waals surface area contributed by atoms with Gasteiger partial charge in [0.25, 0.3) is 0 Å². The smallest absolute Gasteiger partial charge is 0.337 e. The number of nitrogens with zero attached hydrogens (tertiary/aromatic N) is 3. The number of halogens is 1. The molecule has 2 aliphatic heterocycles. The Labute approximate surface area is 162 Å². The minimum atomic E-state index is -0.441. The lowest BCUT2D eigenvalue weighted by Gasteiger charge is -2.37. The lowest BCUT2D eigenvalue weighted by molar-refractivity contribution is -0.138. The highest BCUT2D eigenvalue weighted by Gasteiger charge is 2.27. The summed E-state index contributed by atoms with van der Waals surface area (Å²) < 4.78 is 19.3. The van der Waals surface area contributed by atoms with Crippen molar-refractivity contribution in [3.05, 3.63) is 40.8 Å². The molecule has 1 aromatic carbocycles. The van der Waals surface area contributed by atoms with Gasteiger partial charge in [-0.3, -0.25) is 4.90 Å². The number of ether oxygens (including phenoxy) is 1. The highest BCUT2D eigenvalue weighted by molar-refractivity contribution is 5.93. The number of carbonyl (C=O) groups excluding carboxylic acids is 2. The minimum Gasteiger partial charge on any atom is -0.463 e. The number of anilines is 1. The van der Waals surface area contributed by atoms with Gasteiger partial charge in [0, 0.05) is 38.4 Å². The first kappa shape index (κ1) is 19.6. The highest BCUT2D eigenvalue weighted by atomic mass is 19.1. The van der Waals surface area contributed by atoms with Gasteiger partial charge in [0.2, 0.25) is 0 Å². The molecule has 148 valence electrons. The molecule has 1 fully saturated rings. The van der Waals surface area contributed by atoms with E-state index in [-0.39, 0.29) is 19.2 Å². The van der Waals surface area contributed by atoms with E-state index < -0.39 is 11.8 Å². The van der Waals surface area contributed by atoms with Gasteiger partial charge in [0.1, 0.15) is 5.82 Å². The number of nitrogens with one attached hydrogen (secondary N) is 2. The molecule has 8 nitrogen and oxygen atoms in total. The van der Waals surface area contributed by atoms with Crippen molar-refractivity contribution in [3.63, 3.8) is 0 Å². The number of piperazine rings is 1. The van der Waals surface area contributed by atoms with E-state index in [1.807, 2.05) is 11.0 Å². The molecule has 2 heterocycles. The van der Waals surface area contributed by atoms with Crippen LogP contribution in [0.1, 0.15) is 12.5 Å². The zero-order valence-corrected chi connectivity index (χ0v) is 15.6. The monoisotopic (exact) mass is 387 g/mol. The normalized spacial score (nSPS) is 17.6. The standard InChI is InChI=1S/C19H22FN5O3/c1-2-28-18(26)14-11-22-19(27)23-16(14)12-24-5-7-25(8-6-24)17-4-3-13(10-21)9-15(17)20/h3-4,9H,2,5-8,11-12H2,1H3,(H2,22,23,27). The van der Waals surface area contributed by atoms with Crippen LogP contribution in [0.2, 0.25) is 0 Å². The van der Waals surface area contributed by atoms with Crippen molar-refractivity contribution in [1.82, 2.24) is 15.5 Å². The average Bonchev–Trinajstić information content (AvgIpc) is 2.69. The Balaban J connectivity index is 1.65. The Kier molecular flexibility index (Phi) is 6.11. The molecule has 0 atom stereocenters. The molecule has 0 aliphatic carbocycles.